The van der Waals surface area contributed by atoms with Gasteiger partial charge in [0, 0.05) is 10.0 Å². The maximum atomic E-state index is 11.4. The first kappa shape index (κ1) is 10.5. The summed E-state index contributed by atoms with van der Waals surface area (Å²) in [6.07, 6.45) is 0.480. The van der Waals surface area contributed by atoms with Crippen molar-refractivity contribution in [2.45, 2.75) is 6.42 Å². The van der Waals surface area contributed by atoms with E-state index < -0.39 is 0 Å². The summed E-state index contributed by atoms with van der Waals surface area (Å²) >= 11 is 3.54. The van der Waals surface area contributed by atoms with Gasteiger partial charge >= 0.3 is 0 Å². The number of fused-ring (bicyclic) bond motifs is 1. The van der Waals surface area contributed by atoms with Crippen molar-refractivity contribution in [2.24, 2.45) is 0 Å². The highest BCUT2D eigenvalue weighted by Gasteiger charge is 2.21. The predicted molar refractivity (Wildman–Crippen MR) is 71.9 cm³/mol. The fraction of sp³-hybridized carbons (Fsp3) is 0.0714. The SMILES string of the molecule is O=C1Cc2cccc(-c3ccccc3Br)c2N1. The third-order valence-corrected chi connectivity index (χ3v) is 3.62. The maximum Gasteiger partial charge on any atom is 0.228 e. The number of hydrogen-bond acceptors (Lipinski definition) is 1. The van der Waals surface area contributed by atoms with Crippen LogP contribution in [0.3, 0.4) is 0 Å². The fourth-order valence-corrected chi connectivity index (χ4v) is 2.65. The van der Waals surface area contributed by atoms with Crippen LogP contribution in [0, 0.1) is 0 Å². The molecule has 2 aromatic rings. The van der Waals surface area contributed by atoms with Crippen LogP contribution in [-0.2, 0) is 11.2 Å². The average Bonchev–Trinajstić information content (AvgIpc) is 2.70. The minimum Gasteiger partial charge on any atom is -0.325 e. The van der Waals surface area contributed by atoms with E-state index in [0.29, 0.717) is 6.42 Å². The summed E-state index contributed by atoms with van der Waals surface area (Å²) in [7, 11) is 0. The number of amides is 1. The molecule has 3 heteroatoms. The summed E-state index contributed by atoms with van der Waals surface area (Å²) in [5.41, 5.74) is 4.19. The standard InChI is InChI=1S/C14H10BrNO/c15-12-7-2-1-5-10(12)11-6-3-4-9-8-13(17)16-14(9)11/h1-7H,8H2,(H,16,17). The second kappa shape index (κ2) is 4.00. The number of nitrogens with one attached hydrogen (secondary N) is 1. The third kappa shape index (κ3) is 1.76. The van der Waals surface area contributed by atoms with Crippen LogP contribution in [0.5, 0.6) is 0 Å². The summed E-state index contributed by atoms with van der Waals surface area (Å²) in [6.45, 7) is 0. The molecule has 0 bridgehead atoms. The molecule has 1 amide bonds. The Balaban J connectivity index is 2.21. The molecule has 2 aromatic carbocycles. The Morgan fingerprint density at radius 1 is 1.00 bits per heavy atom. The van der Waals surface area contributed by atoms with Gasteiger partial charge in [0.15, 0.2) is 0 Å². The highest BCUT2D eigenvalue weighted by Crippen LogP contribution is 2.37. The molecule has 0 fully saturated rings. The summed E-state index contributed by atoms with van der Waals surface area (Å²) in [5, 5.41) is 2.93. The Hall–Kier alpha value is -1.61. The summed E-state index contributed by atoms with van der Waals surface area (Å²) < 4.78 is 1.04. The number of rotatable bonds is 1. The first-order valence-electron chi connectivity index (χ1n) is 5.42. The highest BCUT2D eigenvalue weighted by molar-refractivity contribution is 9.10. The zero-order valence-electron chi connectivity index (χ0n) is 9.03. The van der Waals surface area contributed by atoms with Crippen LogP contribution in [-0.4, -0.2) is 5.91 Å². The Morgan fingerprint density at radius 2 is 1.76 bits per heavy atom. The van der Waals surface area contributed by atoms with Crippen LogP contribution in [0.2, 0.25) is 0 Å². The molecule has 17 heavy (non-hydrogen) atoms. The van der Waals surface area contributed by atoms with Gasteiger partial charge in [-0.3, -0.25) is 4.79 Å². The molecule has 0 unspecified atom stereocenters. The van der Waals surface area contributed by atoms with E-state index in [4.69, 9.17) is 0 Å². The van der Waals surface area contributed by atoms with Gasteiger partial charge in [0.05, 0.1) is 12.1 Å². The molecule has 3 rings (SSSR count). The van der Waals surface area contributed by atoms with Crippen molar-refractivity contribution in [1.29, 1.82) is 0 Å². The lowest BCUT2D eigenvalue weighted by molar-refractivity contribution is -0.115. The second-order valence-electron chi connectivity index (χ2n) is 4.04. The van der Waals surface area contributed by atoms with Crippen molar-refractivity contribution in [3.8, 4) is 11.1 Å². The number of hydrogen-bond donors (Lipinski definition) is 1. The molecule has 1 heterocycles. The topological polar surface area (TPSA) is 29.1 Å². The van der Waals surface area contributed by atoms with Crippen LogP contribution < -0.4 is 5.32 Å². The van der Waals surface area contributed by atoms with E-state index in [0.717, 1.165) is 26.9 Å². The van der Waals surface area contributed by atoms with Gasteiger partial charge in [0.1, 0.15) is 0 Å². The normalized spacial score (nSPS) is 13.4. The fourth-order valence-electron chi connectivity index (χ4n) is 2.16. The van der Waals surface area contributed by atoms with Gasteiger partial charge in [0.2, 0.25) is 5.91 Å². The Kier molecular flexibility index (Phi) is 2.48. The second-order valence-corrected chi connectivity index (χ2v) is 4.90. The number of para-hydroxylation sites is 1. The van der Waals surface area contributed by atoms with E-state index in [1.807, 2.05) is 42.5 Å². The molecular formula is C14H10BrNO. The number of benzene rings is 2. The molecule has 1 aliphatic rings. The van der Waals surface area contributed by atoms with Crippen LogP contribution in [0.15, 0.2) is 46.9 Å². The first-order chi connectivity index (χ1) is 8.25. The zero-order chi connectivity index (χ0) is 11.8. The molecular weight excluding hydrogens is 278 g/mol. The maximum absolute atomic E-state index is 11.4. The molecule has 0 saturated carbocycles. The molecule has 0 saturated heterocycles. The lowest BCUT2D eigenvalue weighted by Gasteiger charge is -2.09. The average molecular weight is 288 g/mol. The van der Waals surface area contributed by atoms with Gasteiger partial charge in [-0.15, -0.1) is 0 Å². The summed E-state index contributed by atoms with van der Waals surface area (Å²) in [5.74, 6) is 0.0690. The molecule has 0 aliphatic carbocycles. The molecule has 0 spiro atoms. The molecule has 2 nitrogen and oxygen atoms in total. The predicted octanol–water partition coefficient (Wildman–Crippen LogP) is 3.61. The lowest BCUT2D eigenvalue weighted by Crippen LogP contribution is -2.04. The van der Waals surface area contributed by atoms with Crippen molar-refractivity contribution in [3.63, 3.8) is 0 Å². The minimum atomic E-state index is 0.0690. The van der Waals surface area contributed by atoms with Gasteiger partial charge in [-0.2, -0.15) is 0 Å². The minimum absolute atomic E-state index is 0.0690. The van der Waals surface area contributed by atoms with Crippen molar-refractivity contribution in [1.82, 2.24) is 0 Å². The molecule has 0 radical (unpaired) electrons. The molecule has 1 aliphatic heterocycles. The van der Waals surface area contributed by atoms with Crippen molar-refractivity contribution < 1.29 is 4.79 Å². The van der Waals surface area contributed by atoms with E-state index in [2.05, 4.69) is 21.2 Å². The van der Waals surface area contributed by atoms with Gasteiger partial charge in [-0.05, 0) is 17.2 Å². The van der Waals surface area contributed by atoms with Gasteiger partial charge in [-0.1, -0.05) is 52.3 Å². The van der Waals surface area contributed by atoms with Crippen molar-refractivity contribution in [2.75, 3.05) is 5.32 Å². The van der Waals surface area contributed by atoms with Crippen molar-refractivity contribution in [3.05, 3.63) is 52.5 Å². The number of carbonyl (C=O) groups excluding carboxylic acids is 1. The van der Waals surface area contributed by atoms with Crippen LogP contribution in [0.25, 0.3) is 11.1 Å². The smallest absolute Gasteiger partial charge is 0.228 e. The number of halogens is 1. The Morgan fingerprint density at radius 3 is 2.59 bits per heavy atom. The van der Waals surface area contributed by atoms with Crippen LogP contribution in [0.1, 0.15) is 5.56 Å². The summed E-state index contributed by atoms with van der Waals surface area (Å²) in [4.78, 5) is 11.4. The van der Waals surface area contributed by atoms with E-state index >= 15 is 0 Å². The van der Waals surface area contributed by atoms with Crippen LogP contribution in [0.4, 0.5) is 5.69 Å². The van der Waals surface area contributed by atoms with E-state index in [-0.39, 0.29) is 5.91 Å². The zero-order valence-corrected chi connectivity index (χ0v) is 10.6. The van der Waals surface area contributed by atoms with Crippen LogP contribution >= 0.6 is 15.9 Å². The lowest BCUT2D eigenvalue weighted by atomic mass is 10.0. The highest BCUT2D eigenvalue weighted by atomic mass is 79.9. The van der Waals surface area contributed by atoms with E-state index in [1.165, 1.54) is 0 Å². The first-order valence-corrected chi connectivity index (χ1v) is 6.21. The van der Waals surface area contributed by atoms with E-state index in [9.17, 15) is 4.79 Å². The summed E-state index contributed by atoms with van der Waals surface area (Å²) in [6, 6.07) is 14.0. The molecule has 0 atom stereocenters. The quantitative estimate of drug-likeness (QED) is 0.853. The van der Waals surface area contributed by atoms with Gasteiger partial charge < -0.3 is 5.32 Å². The molecule has 1 N–H and O–H groups in total. The third-order valence-electron chi connectivity index (χ3n) is 2.93. The number of carbonyl (C=O) groups is 1. The van der Waals surface area contributed by atoms with Gasteiger partial charge in [-0.25, -0.2) is 0 Å². The number of anilines is 1. The largest absolute Gasteiger partial charge is 0.325 e. The molecule has 0 aromatic heterocycles. The monoisotopic (exact) mass is 287 g/mol. The van der Waals surface area contributed by atoms with Crippen molar-refractivity contribution >= 4 is 27.5 Å². The Labute approximate surface area is 108 Å². The Bertz CT molecular complexity index is 607. The molecule has 84 valence electrons. The van der Waals surface area contributed by atoms with E-state index in [1.54, 1.807) is 0 Å². The van der Waals surface area contributed by atoms with Gasteiger partial charge in [0.25, 0.3) is 0 Å².